The molecule has 1 amide bonds. The minimum absolute atomic E-state index is 0.367. The molecule has 0 atom stereocenters. The van der Waals surface area contributed by atoms with Gasteiger partial charge in [-0.2, -0.15) is 11.8 Å². The minimum atomic E-state index is -0.367. The summed E-state index contributed by atoms with van der Waals surface area (Å²) in [6.07, 6.45) is 2.51. The Labute approximate surface area is 106 Å². The Morgan fingerprint density at radius 3 is 2.53 bits per heavy atom. The van der Waals surface area contributed by atoms with Crippen molar-refractivity contribution in [1.82, 2.24) is 5.32 Å². The lowest BCUT2D eigenvalue weighted by Crippen LogP contribution is -2.32. The van der Waals surface area contributed by atoms with Crippen LogP contribution in [0.5, 0.6) is 0 Å². The number of nitrogens with two attached hydrogens (primary N) is 1. The molecule has 92 valence electrons. The van der Waals surface area contributed by atoms with Crippen LogP contribution in [0.15, 0.2) is 24.3 Å². The third-order valence-electron chi connectivity index (χ3n) is 3.05. The number of primary amides is 1. The number of nitrogens with one attached hydrogen (secondary N) is 1. The summed E-state index contributed by atoms with van der Waals surface area (Å²) >= 11 is 2.03. The first-order chi connectivity index (χ1) is 8.25. The summed E-state index contributed by atoms with van der Waals surface area (Å²) in [5.41, 5.74) is 6.97. The predicted octanol–water partition coefficient (Wildman–Crippen LogP) is 1.77. The van der Waals surface area contributed by atoms with E-state index in [1.165, 1.54) is 29.9 Å². The van der Waals surface area contributed by atoms with E-state index in [4.69, 9.17) is 5.73 Å². The molecule has 3 nitrogen and oxygen atoms in total. The number of thioether (sulfide) groups is 1. The molecule has 1 aliphatic rings. The van der Waals surface area contributed by atoms with Gasteiger partial charge in [0, 0.05) is 18.2 Å². The minimum Gasteiger partial charge on any atom is -0.366 e. The lowest BCUT2D eigenvalue weighted by molar-refractivity contribution is 0.100. The Bertz CT molecular complexity index is 372. The van der Waals surface area contributed by atoms with Crippen molar-refractivity contribution < 1.29 is 4.79 Å². The summed E-state index contributed by atoms with van der Waals surface area (Å²) in [7, 11) is 0. The van der Waals surface area contributed by atoms with Crippen molar-refractivity contribution in [3.63, 3.8) is 0 Å². The van der Waals surface area contributed by atoms with E-state index in [9.17, 15) is 4.79 Å². The molecule has 0 saturated carbocycles. The maximum atomic E-state index is 10.9. The van der Waals surface area contributed by atoms with Gasteiger partial charge in [0.1, 0.15) is 0 Å². The highest BCUT2D eigenvalue weighted by Gasteiger charge is 2.12. The Kier molecular flexibility index (Phi) is 4.45. The Hall–Kier alpha value is -1.00. The van der Waals surface area contributed by atoms with Crippen molar-refractivity contribution in [3.05, 3.63) is 35.4 Å². The Balaban J connectivity index is 1.84. The molecule has 1 aromatic rings. The molecule has 0 bridgehead atoms. The van der Waals surface area contributed by atoms with Crippen molar-refractivity contribution in [2.75, 3.05) is 11.5 Å². The zero-order valence-electron chi connectivity index (χ0n) is 9.82. The monoisotopic (exact) mass is 250 g/mol. The molecule has 0 aliphatic carbocycles. The maximum Gasteiger partial charge on any atom is 0.248 e. The normalized spacial score (nSPS) is 16.9. The summed E-state index contributed by atoms with van der Waals surface area (Å²) in [6, 6.07) is 8.15. The number of amides is 1. The highest BCUT2D eigenvalue weighted by Crippen LogP contribution is 2.17. The quantitative estimate of drug-likeness (QED) is 0.856. The number of benzene rings is 1. The van der Waals surface area contributed by atoms with Crippen LogP contribution in [0.3, 0.4) is 0 Å². The summed E-state index contributed by atoms with van der Waals surface area (Å²) < 4.78 is 0. The number of hydrogen-bond acceptors (Lipinski definition) is 3. The molecule has 1 fully saturated rings. The van der Waals surface area contributed by atoms with Crippen LogP contribution in [0.4, 0.5) is 0 Å². The second-order valence-electron chi connectivity index (χ2n) is 4.33. The Morgan fingerprint density at radius 2 is 1.94 bits per heavy atom. The molecule has 2 rings (SSSR count). The molecule has 4 heteroatoms. The van der Waals surface area contributed by atoms with Crippen LogP contribution in [0.2, 0.25) is 0 Å². The molecule has 1 saturated heterocycles. The van der Waals surface area contributed by atoms with Gasteiger partial charge in [-0.05, 0) is 42.0 Å². The van der Waals surface area contributed by atoms with Gasteiger partial charge in [-0.1, -0.05) is 12.1 Å². The van der Waals surface area contributed by atoms with Crippen LogP contribution in [0.25, 0.3) is 0 Å². The summed E-state index contributed by atoms with van der Waals surface area (Å²) in [6.45, 7) is 0.869. The van der Waals surface area contributed by atoms with Crippen molar-refractivity contribution >= 4 is 17.7 Å². The first-order valence-electron chi connectivity index (χ1n) is 5.95. The third-order valence-corrected chi connectivity index (χ3v) is 4.10. The zero-order chi connectivity index (χ0) is 12.1. The predicted molar refractivity (Wildman–Crippen MR) is 72.1 cm³/mol. The van der Waals surface area contributed by atoms with E-state index < -0.39 is 0 Å². The fourth-order valence-electron chi connectivity index (χ4n) is 1.95. The topological polar surface area (TPSA) is 55.1 Å². The summed E-state index contributed by atoms with van der Waals surface area (Å²) in [4.78, 5) is 10.9. The van der Waals surface area contributed by atoms with Crippen LogP contribution in [-0.4, -0.2) is 23.5 Å². The van der Waals surface area contributed by atoms with Gasteiger partial charge < -0.3 is 11.1 Å². The first-order valence-corrected chi connectivity index (χ1v) is 7.11. The van der Waals surface area contributed by atoms with Gasteiger partial charge in [0.2, 0.25) is 5.91 Å². The smallest absolute Gasteiger partial charge is 0.248 e. The molecule has 0 spiro atoms. The fraction of sp³-hybridized carbons (Fsp3) is 0.462. The van der Waals surface area contributed by atoms with Crippen LogP contribution in [0, 0.1) is 0 Å². The van der Waals surface area contributed by atoms with Crippen LogP contribution >= 0.6 is 11.8 Å². The maximum absolute atomic E-state index is 10.9. The molecule has 3 N–H and O–H groups in total. The van der Waals surface area contributed by atoms with Gasteiger partial charge in [0.05, 0.1) is 0 Å². The van der Waals surface area contributed by atoms with Gasteiger partial charge >= 0.3 is 0 Å². The molecular formula is C13H18N2OS. The SMILES string of the molecule is NC(=O)c1ccc(CNC2CCSCC2)cc1. The average molecular weight is 250 g/mol. The van der Waals surface area contributed by atoms with E-state index in [-0.39, 0.29) is 5.91 Å². The molecule has 0 aromatic heterocycles. The van der Waals surface area contributed by atoms with Gasteiger partial charge in [0.25, 0.3) is 0 Å². The van der Waals surface area contributed by atoms with Gasteiger partial charge in [0.15, 0.2) is 0 Å². The van der Waals surface area contributed by atoms with E-state index in [0.717, 1.165) is 6.54 Å². The molecule has 0 unspecified atom stereocenters. The third kappa shape index (κ3) is 3.75. The largest absolute Gasteiger partial charge is 0.366 e. The van der Waals surface area contributed by atoms with E-state index >= 15 is 0 Å². The number of carbonyl (C=O) groups is 1. The van der Waals surface area contributed by atoms with Crippen molar-refractivity contribution in [3.8, 4) is 0 Å². The highest BCUT2D eigenvalue weighted by atomic mass is 32.2. The number of hydrogen-bond donors (Lipinski definition) is 2. The Morgan fingerprint density at radius 1 is 1.29 bits per heavy atom. The van der Waals surface area contributed by atoms with Crippen molar-refractivity contribution in [2.24, 2.45) is 5.73 Å². The van der Waals surface area contributed by atoms with E-state index in [2.05, 4.69) is 5.32 Å². The second kappa shape index (κ2) is 6.07. The lowest BCUT2D eigenvalue weighted by Gasteiger charge is -2.22. The van der Waals surface area contributed by atoms with Crippen molar-refractivity contribution in [2.45, 2.75) is 25.4 Å². The fourth-order valence-corrected chi connectivity index (χ4v) is 3.06. The number of rotatable bonds is 4. The summed E-state index contributed by atoms with van der Waals surface area (Å²) in [5.74, 6) is 2.16. The molecule has 17 heavy (non-hydrogen) atoms. The van der Waals surface area contributed by atoms with Crippen LogP contribution < -0.4 is 11.1 Å². The van der Waals surface area contributed by atoms with Gasteiger partial charge in [-0.25, -0.2) is 0 Å². The standard InChI is InChI=1S/C13H18N2OS/c14-13(16)11-3-1-10(2-4-11)9-15-12-5-7-17-8-6-12/h1-4,12,15H,5-9H2,(H2,14,16). The van der Waals surface area contributed by atoms with Crippen molar-refractivity contribution in [1.29, 1.82) is 0 Å². The molecular weight excluding hydrogens is 232 g/mol. The lowest BCUT2D eigenvalue weighted by atomic mass is 10.1. The molecule has 1 heterocycles. The van der Waals surface area contributed by atoms with Crippen LogP contribution in [-0.2, 0) is 6.54 Å². The zero-order valence-corrected chi connectivity index (χ0v) is 10.6. The summed E-state index contributed by atoms with van der Waals surface area (Å²) in [5, 5.41) is 3.56. The number of carbonyl (C=O) groups excluding carboxylic acids is 1. The molecule has 0 radical (unpaired) electrons. The van der Waals surface area contributed by atoms with Gasteiger partial charge in [-0.3, -0.25) is 4.79 Å². The molecule has 1 aromatic carbocycles. The van der Waals surface area contributed by atoms with E-state index in [1.807, 2.05) is 23.9 Å². The first kappa shape index (κ1) is 12.5. The van der Waals surface area contributed by atoms with E-state index in [1.54, 1.807) is 12.1 Å². The van der Waals surface area contributed by atoms with Gasteiger partial charge in [-0.15, -0.1) is 0 Å². The second-order valence-corrected chi connectivity index (χ2v) is 5.55. The highest BCUT2D eigenvalue weighted by molar-refractivity contribution is 7.99. The average Bonchev–Trinajstić information content (AvgIpc) is 2.38. The van der Waals surface area contributed by atoms with E-state index in [0.29, 0.717) is 11.6 Å². The molecule has 1 aliphatic heterocycles. The van der Waals surface area contributed by atoms with Crippen LogP contribution in [0.1, 0.15) is 28.8 Å².